The number of sulfonamides is 1. The van der Waals surface area contributed by atoms with Crippen LogP contribution < -0.4 is 4.72 Å². The molecule has 0 amide bonds. The number of nitrogens with zero attached hydrogens (tertiary/aromatic N) is 2. The number of aromatic nitrogens is 2. The fourth-order valence-electron chi connectivity index (χ4n) is 1.70. The third-order valence-electron chi connectivity index (χ3n) is 2.72. The van der Waals surface area contributed by atoms with Gasteiger partial charge in [-0.2, -0.15) is 4.98 Å². The van der Waals surface area contributed by atoms with Crippen LogP contribution in [0.25, 0.3) is 16.8 Å². The van der Waals surface area contributed by atoms with Crippen molar-refractivity contribution < 1.29 is 12.9 Å². The molecule has 0 aliphatic heterocycles. The van der Waals surface area contributed by atoms with Crippen LogP contribution in [0.3, 0.4) is 0 Å². The molecule has 2 aromatic heterocycles. The molecule has 6 nitrogen and oxygen atoms in total. The van der Waals surface area contributed by atoms with Gasteiger partial charge in [-0.3, -0.25) is 0 Å². The van der Waals surface area contributed by atoms with Crippen molar-refractivity contribution in [3.8, 4) is 10.8 Å². The molecular weight excluding hydrogens is 358 g/mol. The van der Waals surface area contributed by atoms with Gasteiger partial charge in [0, 0.05) is 5.02 Å². The van der Waals surface area contributed by atoms with Gasteiger partial charge in [0.15, 0.2) is 0 Å². The van der Waals surface area contributed by atoms with Gasteiger partial charge in [-0.25, -0.2) is 13.1 Å². The van der Waals surface area contributed by atoms with Gasteiger partial charge in [0.2, 0.25) is 0 Å². The molecule has 23 heavy (non-hydrogen) atoms. The summed E-state index contributed by atoms with van der Waals surface area (Å²) in [6, 6.07) is 10.5. The highest BCUT2D eigenvalue weighted by Gasteiger charge is 2.14. The van der Waals surface area contributed by atoms with Crippen molar-refractivity contribution >= 4 is 45.0 Å². The predicted molar refractivity (Wildman–Crippen MR) is 90.6 cm³/mol. The SMILES string of the molecule is O=S(=O)(/C=C/c1ccccc1Cl)Nc1noc(-c2cccs2)n1. The molecule has 118 valence electrons. The van der Waals surface area contributed by atoms with Crippen molar-refractivity contribution in [2.24, 2.45) is 0 Å². The molecule has 3 rings (SSSR count). The van der Waals surface area contributed by atoms with E-state index in [0.29, 0.717) is 10.6 Å². The highest BCUT2D eigenvalue weighted by molar-refractivity contribution is 7.95. The topological polar surface area (TPSA) is 85.1 Å². The van der Waals surface area contributed by atoms with E-state index in [9.17, 15) is 8.42 Å². The number of benzene rings is 1. The standard InChI is InChI=1S/C14H10ClN3O3S2/c15-11-5-2-1-4-10(11)7-9-23(19,20)18-14-16-13(21-17-14)12-6-3-8-22-12/h1-9H,(H,17,18)/b9-7+. The van der Waals surface area contributed by atoms with Crippen molar-refractivity contribution in [1.82, 2.24) is 10.1 Å². The number of thiophene rings is 1. The van der Waals surface area contributed by atoms with Crippen molar-refractivity contribution in [3.63, 3.8) is 0 Å². The molecule has 0 aliphatic carbocycles. The number of hydrogen-bond acceptors (Lipinski definition) is 6. The zero-order chi connectivity index (χ0) is 16.3. The second kappa shape index (κ2) is 6.53. The molecule has 0 unspecified atom stereocenters. The van der Waals surface area contributed by atoms with E-state index < -0.39 is 10.0 Å². The van der Waals surface area contributed by atoms with Crippen LogP contribution in [0.5, 0.6) is 0 Å². The fraction of sp³-hybridized carbons (Fsp3) is 0. The maximum Gasteiger partial charge on any atom is 0.277 e. The maximum atomic E-state index is 12.0. The number of hydrogen-bond donors (Lipinski definition) is 1. The monoisotopic (exact) mass is 367 g/mol. The maximum absolute atomic E-state index is 12.0. The van der Waals surface area contributed by atoms with Gasteiger partial charge in [-0.1, -0.05) is 35.9 Å². The second-order valence-electron chi connectivity index (χ2n) is 4.37. The van der Waals surface area contributed by atoms with Gasteiger partial charge >= 0.3 is 0 Å². The fourth-order valence-corrected chi connectivity index (χ4v) is 3.27. The third kappa shape index (κ3) is 3.98. The Morgan fingerprint density at radius 3 is 2.78 bits per heavy atom. The predicted octanol–water partition coefficient (Wildman–Crippen LogP) is 3.86. The summed E-state index contributed by atoms with van der Waals surface area (Å²) >= 11 is 7.38. The molecule has 0 aliphatic rings. The van der Waals surface area contributed by atoms with Gasteiger partial charge in [0.05, 0.1) is 10.3 Å². The van der Waals surface area contributed by atoms with Crippen LogP contribution >= 0.6 is 22.9 Å². The van der Waals surface area contributed by atoms with E-state index in [2.05, 4.69) is 14.9 Å². The van der Waals surface area contributed by atoms with Crippen molar-refractivity contribution in [2.45, 2.75) is 0 Å². The normalized spacial score (nSPS) is 11.9. The smallest absolute Gasteiger partial charge is 0.277 e. The summed E-state index contributed by atoms with van der Waals surface area (Å²) < 4.78 is 31.3. The first kappa shape index (κ1) is 15.7. The number of halogens is 1. The van der Waals surface area contributed by atoms with Crippen LogP contribution in [0.2, 0.25) is 5.02 Å². The molecule has 0 radical (unpaired) electrons. The summed E-state index contributed by atoms with van der Waals surface area (Å²) in [6.07, 6.45) is 1.39. The minimum Gasteiger partial charge on any atom is -0.331 e. The van der Waals surface area contributed by atoms with Crippen LogP contribution in [-0.2, 0) is 10.0 Å². The summed E-state index contributed by atoms with van der Waals surface area (Å²) in [5.74, 6) is 0.130. The average molecular weight is 368 g/mol. The first-order valence-electron chi connectivity index (χ1n) is 6.36. The van der Waals surface area contributed by atoms with Crippen LogP contribution in [-0.4, -0.2) is 18.6 Å². The van der Waals surface area contributed by atoms with Gasteiger partial charge < -0.3 is 4.52 Å². The van der Waals surface area contributed by atoms with Crippen molar-refractivity contribution in [3.05, 3.63) is 57.8 Å². The van der Waals surface area contributed by atoms with Crippen molar-refractivity contribution in [1.29, 1.82) is 0 Å². The van der Waals surface area contributed by atoms with Gasteiger partial charge in [0.25, 0.3) is 21.9 Å². The Bertz CT molecular complexity index is 934. The molecule has 2 heterocycles. The Balaban J connectivity index is 1.75. The average Bonchev–Trinajstić information content (AvgIpc) is 3.17. The van der Waals surface area contributed by atoms with E-state index in [4.69, 9.17) is 16.1 Å². The molecule has 0 bridgehead atoms. The highest BCUT2D eigenvalue weighted by atomic mass is 35.5. The van der Waals surface area contributed by atoms with Gasteiger partial charge in [-0.05, 0) is 34.3 Å². The Kier molecular flexibility index (Phi) is 4.46. The second-order valence-corrected chi connectivity index (χ2v) is 7.29. The molecule has 3 aromatic rings. The highest BCUT2D eigenvalue weighted by Crippen LogP contribution is 2.24. The Labute approximate surface area is 141 Å². The molecule has 0 atom stereocenters. The van der Waals surface area contributed by atoms with Gasteiger partial charge in [-0.15, -0.1) is 11.3 Å². The Morgan fingerprint density at radius 1 is 1.22 bits per heavy atom. The van der Waals surface area contributed by atoms with Crippen LogP contribution in [0.4, 0.5) is 5.95 Å². The zero-order valence-corrected chi connectivity index (χ0v) is 13.9. The third-order valence-corrected chi connectivity index (χ3v) is 4.89. The first-order chi connectivity index (χ1) is 11.0. The lowest BCUT2D eigenvalue weighted by molar-refractivity contribution is 0.434. The molecule has 0 saturated carbocycles. The zero-order valence-electron chi connectivity index (χ0n) is 11.5. The molecular formula is C14H10ClN3O3S2. The molecule has 0 saturated heterocycles. The lowest BCUT2D eigenvalue weighted by atomic mass is 10.2. The van der Waals surface area contributed by atoms with Gasteiger partial charge in [0.1, 0.15) is 0 Å². The van der Waals surface area contributed by atoms with Crippen LogP contribution in [0, 0.1) is 0 Å². The van der Waals surface area contributed by atoms with E-state index in [1.54, 1.807) is 30.3 Å². The minimum absolute atomic E-state index is 0.128. The summed E-state index contributed by atoms with van der Waals surface area (Å²) in [6.45, 7) is 0. The number of rotatable bonds is 5. The number of anilines is 1. The Morgan fingerprint density at radius 2 is 2.04 bits per heavy atom. The molecule has 1 aromatic carbocycles. The van der Waals surface area contributed by atoms with E-state index in [-0.39, 0.29) is 11.8 Å². The Hall–Kier alpha value is -2.16. The van der Waals surface area contributed by atoms with E-state index >= 15 is 0 Å². The molecule has 9 heteroatoms. The van der Waals surface area contributed by atoms with Crippen LogP contribution in [0.15, 0.2) is 51.7 Å². The first-order valence-corrected chi connectivity index (χ1v) is 9.17. The van der Waals surface area contributed by atoms with E-state index in [1.807, 2.05) is 11.4 Å². The van der Waals surface area contributed by atoms with Crippen molar-refractivity contribution in [2.75, 3.05) is 4.72 Å². The van der Waals surface area contributed by atoms with E-state index in [0.717, 1.165) is 10.3 Å². The molecule has 0 spiro atoms. The molecule has 1 N–H and O–H groups in total. The quantitative estimate of drug-likeness (QED) is 0.740. The lowest BCUT2D eigenvalue weighted by Crippen LogP contribution is -2.10. The van der Waals surface area contributed by atoms with Crippen LogP contribution in [0.1, 0.15) is 5.56 Å². The summed E-state index contributed by atoms with van der Waals surface area (Å²) in [4.78, 5) is 4.75. The summed E-state index contributed by atoms with van der Waals surface area (Å²) in [7, 11) is -3.78. The summed E-state index contributed by atoms with van der Waals surface area (Å²) in [5.41, 5.74) is 0.590. The largest absolute Gasteiger partial charge is 0.331 e. The van der Waals surface area contributed by atoms with E-state index in [1.165, 1.54) is 17.4 Å². The summed E-state index contributed by atoms with van der Waals surface area (Å²) in [5, 5.41) is 6.91. The number of nitrogens with one attached hydrogen (secondary N) is 1. The minimum atomic E-state index is -3.78. The lowest BCUT2D eigenvalue weighted by Gasteiger charge is -1.99. The molecule has 0 fully saturated rings.